The van der Waals surface area contributed by atoms with Crippen LogP contribution in [0.15, 0.2) is 30.6 Å². The summed E-state index contributed by atoms with van der Waals surface area (Å²) in [5.41, 5.74) is 1.20. The molecule has 0 bridgehead atoms. The molecule has 1 N–H and O–H groups in total. The molecule has 2 fully saturated rings. The summed E-state index contributed by atoms with van der Waals surface area (Å²) in [5.74, 6) is 0.377. The summed E-state index contributed by atoms with van der Waals surface area (Å²) in [5, 5.41) is 9.30. The van der Waals surface area contributed by atoms with Gasteiger partial charge in [-0.1, -0.05) is 6.07 Å². The molecule has 1 aromatic heterocycles. The van der Waals surface area contributed by atoms with E-state index in [0.29, 0.717) is 36.8 Å². The maximum Gasteiger partial charge on any atom is 0.244 e. The first-order valence-electron chi connectivity index (χ1n) is 9.10. The molecule has 2 aromatic rings. The van der Waals surface area contributed by atoms with Gasteiger partial charge >= 0.3 is 0 Å². The number of piperazine rings is 1. The van der Waals surface area contributed by atoms with Gasteiger partial charge in [-0.3, -0.25) is 9.69 Å². The van der Waals surface area contributed by atoms with Crippen LogP contribution < -0.4 is 9.80 Å². The molecule has 3 heterocycles. The number of rotatable bonds is 3. The van der Waals surface area contributed by atoms with Crippen molar-refractivity contribution in [2.24, 2.45) is 0 Å². The van der Waals surface area contributed by atoms with Gasteiger partial charge in [0.05, 0.1) is 18.4 Å². The Labute approximate surface area is 157 Å². The standard InChI is InChI=1S/C19H22FN5O2/c1-13-2-3-14(10-16(13)20)25-5-4-17(18(25)27)23-6-8-24(9-7-23)19-21-11-15(26)12-22-19/h2-3,10-12,17,26H,4-9H2,1H3. The van der Waals surface area contributed by atoms with Gasteiger partial charge in [-0.2, -0.15) is 0 Å². The lowest BCUT2D eigenvalue weighted by Crippen LogP contribution is -2.53. The molecule has 1 amide bonds. The van der Waals surface area contributed by atoms with Gasteiger partial charge in [0.1, 0.15) is 5.82 Å². The highest BCUT2D eigenvalue weighted by Gasteiger charge is 2.38. The monoisotopic (exact) mass is 371 g/mol. The molecular weight excluding hydrogens is 349 g/mol. The van der Waals surface area contributed by atoms with Gasteiger partial charge in [0.15, 0.2) is 5.75 Å². The van der Waals surface area contributed by atoms with Crippen LogP contribution in [0, 0.1) is 12.7 Å². The van der Waals surface area contributed by atoms with Crippen molar-refractivity contribution < 1.29 is 14.3 Å². The molecule has 2 aliphatic heterocycles. The van der Waals surface area contributed by atoms with Crippen LogP contribution >= 0.6 is 0 Å². The van der Waals surface area contributed by atoms with Crippen LogP contribution in [-0.4, -0.2) is 64.6 Å². The number of aromatic hydroxyl groups is 1. The molecule has 27 heavy (non-hydrogen) atoms. The van der Waals surface area contributed by atoms with Crippen molar-refractivity contribution in [1.82, 2.24) is 14.9 Å². The van der Waals surface area contributed by atoms with E-state index in [1.807, 2.05) is 4.90 Å². The van der Waals surface area contributed by atoms with E-state index in [0.717, 1.165) is 19.5 Å². The number of anilines is 2. The fraction of sp³-hybridized carbons (Fsp3) is 0.421. The molecule has 0 radical (unpaired) electrons. The zero-order valence-corrected chi connectivity index (χ0v) is 15.2. The summed E-state index contributed by atoms with van der Waals surface area (Å²) in [6.45, 7) is 5.22. The summed E-state index contributed by atoms with van der Waals surface area (Å²) >= 11 is 0. The largest absolute Gasteiger partial charge is 0.505 e. The minimum Gasteiger partial charge on any atom is -0.505 e. The number of carbonyl (C=O) groups is 1. The van der Waals surface area contributed by atoms with Crippen LogP contribution in [0.2, 0.25) is 0 Å². The Bertz CT molecular complexity index is 836. The van der Waals surface area contributed by atoms with Crippen molar-refractivity contribution in [3.05, 3.63) is 42.0 Å². The lowest BCUT2D eigenvalue weighted by Gasteiger charge is -2.37. The third-order valence-electron chi connectivity index (χ3n) is 5.31. The number of benzene rings is 1. The summed E-state index contributed by atoms with van der Waals surface area (Å²) in [6, 6.07) is 4.79. The lowest BCUT2D eigenvalue weighted by atomic mass is 10.2. The van der Waals surface area contributed by atoms with E-state index >= 15 is 0 Å². The van der Waals surface area contributed by atoms with E-state index in [4.69, 9.17) is 0 Å². The van der Waals surface area contributed by atoms with Crippen molar-refractivity contribution >= 4 is 17.5 Å². The van der Waals surface area contributed by atoms with Crippen LogP contribution in [0.1, 0.15) is 12.0 Å². The lowest BCUT2D eigenvalue weighted by molar-refractivity contribution is -0.121. The third kappa shape index (κ3) is 3.44. The van der Waals surface area contributed by atoms with Gasteiger partial charge in [0.2, 0.25) is 11.9 Å². The summed E-state index contributed by atoms with van der Waals surface area (Å²) in [4.78, 5) is 27.1. The van der Waals surface area contributed by atoms with Gasteiger partial charge < -0.3 is 14.9 Å². The maximum absolute atomic E-state index is 13.9. The van der Waals surface area contributed by atoms with Crippen molar-refractivity contribution in [2.75, 3.05) is 42.5 Å². The fourth-order valence-corrected chi connectivity index (χ4v) is 3.72. The van der Waals surface area contributed by atoms with Crippen LogP contribution in [0.4, 0.5) is 16.0 Å². The molecule has 1 unspecified atom stereocenters. The Morgan fingerprint density at radius 2 is 1.81 bits per heavy atom. The molecule has 1 aromatic carbocycles. The zero-order chi connectivity index (χ0) is 19.0. The topological polar surface area (TPSA) is 72.8 Å². The summed E-state index contributed by atoms with van der Waals surface area (Å²) < 4.78 is 13.9. The minimum atomic E-state index is -0.286. The highest BCUT2D eigenvalue weighted by molar-refractivity contribution is 5.99. The first-order valence-corrected chi connectivity index (χ1v) is 9.10. The van der Waals surface area contributed by atoms with Crippen molar-refractivity contribution in [3.8, 4) is 5.75 Å². The van der Waals surface area contributed by atoms with Crippen molar-refractivity contribution in [2.45, 2.75) is 19.4 Å². The Morgan fingerprint density at radius 1 is 1.11 bits per heavy atom. The van der Waals surface area contributed by atoms with E-state index in [1.54, 1.807) is 24.0 Å². The van der Waals surface area contributed by atoms with Gasteiger partial charge in [-0.05, 0) is 31.0 Å². The smallest absolute Gasteiger partial charge is 0.244 e. The first kappa shape index (κ1) is 17.7. The van der Waals surface area contributed by atoms with Gasteiger partial charge in [-0.15, -0.1) is 0 Å². The van der Waals surface area contributed by atoms with E-state index in [2.05, 4.69) is 14.9 Å². The second kappa shape index (κ2) is 7.11. The van der Waals surface area contributed by atoms with E-state index in [-0.39, 0.29) is 23.5 Å². The number of hydrogen-bond acceptors (Lipinski definition) is 6. The second-order valence-electron chi connectivity index (χ2n) is 6.99. The first-order chi connectivity index (χ1) is 13.0. The number of hydrogen-bond donors (Lipinski definition) is 1. The molecule has 0 spiro atoms. The normalized spacial score (nSPS) is 21.1. The average molecular weight is 371 g/mol. The van der Waals surface area contributed by atoms with Crippen LogP contribution in [0.25, 0.3) is 0 Å². The quantitative estimate of drug-likeness (QED) is 0.883. The Morgan fingerprint density at radius 3 is 2.48 bits per heavy atom. The molecule has 1 atom stereocenters. The molecule has 142 valence electrons. The third-order valence-corrected chi connectivity index (χ3v) is 5.31. The Kier molecular flexibility index (Phi) is 4.65. The zero-order valence-electron chi connectivity index (χ0n) is 15.2. The average Bonchev–Trinajstić information content (AvgIpc) is 3.06. The van der Waals surface area contributed by atoms with Crippen molar-refractivity contribution in [3.63, 3.8) is 0 Å². The van der Waals surface area contributed by atoms with E-state index in [1.165, 1.54) is 18.5 Å². The van der Waals surface area contributed by atoms with E-state index < -0.39 is 0 Å². The molecule has 2 aliphatic rings. The number of halogens is 1. The van der Waals surface area contributed by atoms with Crippen LogP contribution in [0.3, 0.4) is 0 Å². The van der Waals surface area contributed by atoms with Crippen LogP contribution in [-0.2, 0) is 4.79 Å². The maximum atomic E-state index is 13.9. The molecule has 0 saturated carbocycles. The Balaban J connectivity index is 1.39. The van der Waals surface area contributed by atoms with Crippen molar-refractivity contribution in [1.29, 1.82) is 0 Å². The number of aromatic nitrogens is 2. The predicted octanol–water partition coefficient (Wildman–Crippen LogP) is 1.56. The van der Waals surface area contributed by atoms with Crippen LogP contribution in [0.5, 0.6) is 5.75 Å². The number of carbonyl (C=O) groups excluding carboxylic acids is 1. The molecular formula is C19H22FN5O2. The highest BCUT2D eigenvalue weighted by Crippen LogP contribution is 2.27. The number of nitrogens with zero attached hydrogens (tertiary/aromatic N) is 5. The van der Waals surface area contributed by atoms with E-state index in [9.17, 15) is 14.3 Å². The number of aryl methyl sites for hydroxylation is 1. The fourth-order valence-electron chi connectivity index (χ4n) is 3.72. The van der Waals surface area contributed by atoms with Gasteiger partial charge in [0, 0.05) is 38.4 Å². The second-order valence-corrected chi connectivity index (χ2v) is 6.99. The Hall–Kier alpha value is -2.74. The SMILES string of the molecule is Cc1ccc(N2CCC(N3CCN(c4ncc(O)cn4)CC3)C2=O)cc1F. The summed E-state index contributed by atoms with van der Waals surface area (Å²) in [7, 11) is 0. The molecule has 0 aliphatic carbocycles. The molecule has 7 nitrogen and oxygen atoms in total. The predicted molar refractivity (Wildman–Crippen MR) is 99.4 cm³/mol. The molecule has 2 saturated heterocycles. The molecule has 8 heteroatoms. The highest BCUT2D eigenvalue weighted by atomic mass is 19.1. The summed E-state index contributed by atoms with van der Waals surface area (Å²) in [6.07, 6.45) is 3.51. The van der Waals surface area contributed by atoms with Gasteiger partial charge in [0.25, 0.3) is 0 Å². The minimum absolute atomic E-state index is 0.0348. The van der Waals surface area contributed by atoms with Gasteiger partial charge in [-0.25, -0.2) is 14.4 Å². The molecule has 4 rings (SSSR count). The number of amides is 1.